The molecule has 94 valence electrons. The standard InChI is InChI=1S/C13H19NO2S/c1-9-5-6-17-12(9)13(16)14-7-10-3-2-4-11(10)8-15/h5-6,10-11,15H,2-4,7-8H2,1H3,(H,14,16). The maximum Gasteiger partial charge on any atom is 0.261 e. The first-order valence-electron chi connectivity index (χ1n) is 6.15. The number of rotatable bonds is 4. The second-order valence-corrected chi connectivity index (χ2v) is 5.69. The molecule has 2 unspecified atom stereocenters. The van der Waals surface area contributed by atoms with Crippen molar-refractivity contribution in [2.75, 3.05) is 13.2 Å². The first-order chi connectivity index (χ1) is 8.22. The number of hydrogen-bond donors (Lipinski definition) is 2. The van der Waals surface area contributed by atoms with Crippen molar-refractivity contribution in [2.45, 2.75) is 26.2 Å². The fraction of sp³-hybridized carbons (Fsp3) is 0.615. The van der Waals surface area contributed by atoms with Crippen LogP contribution in [-0.4, -0.2) is 24.2 Å². The molecule has 2 rings (SSSR count). The molecule has 2 N–H and O–H groups in total. The molecule has 4 heteroatoms. The van der Waals surface area contributed by atoms with E-state index in [1.54, 1.807) is 0 Å². The van der Waals surface area contributed by atoms with Crippen LogP contribution in [-0.2, 0) is 0 Å². The van der Waals surface area contributed by atoms with Gasteiger partial charge in [-0.1, -0.05) is 6.42 Å². The van der Waals surface area contributed by atoms with E-state index in [1.165, 1.54) is 17.8 Å². The number of thiophene rings is 1. The van der Waals surface area contributed by atoms with Gasteiger partial charge >= 0.3 is 0 Å². The molecule has 1 aliphatic carbocycles. The molecule has 1 heterocycles. The zero-order valence-corrected chi connectivity index (χ0v) is 10.9. The van der Waals surface area contributed by atoms with Crippen molar-refractivity contribution in [1.82, 2.24) is 5.32 Å². The minimum atomic E-state index is 0.0288. The van der Waals surface area contributed by atoms with E-state index in [1.807, 2.05) is 18.4 Å². The van der Waals surface area contributed by atoms with Gasteiger partial charge in [0.1, 0.15) is 0 Å². The van der Waals surface area contributed by atoms with Crippen LogP contribution in [0.25, 0.3) is 0 Å². The zero-order valence-electron chi connectivity index (χ0n) is 10.1. The van der Waals surface area contributed by atoms with Gasteiger partial charge in [0.05, 0.1) is 4.88 Å². The number of carbonyl (C=O) groups excluding carboxylic acids is 1. The Bertz CT molecular complexity index is 389. The van der Waals surface area contributed by atoms with Crippen LogP contribution in [0.5, 0.6) is 0 Å². The van der Waals surface area contributed by atoms with Gasteiger partial charge in [-0.15, -0.1) is 11.3 Å². The number of hydrogen-bond acceptors (Lipinski definition) is 3. The van der Waals surface area contributed by atoms with Crippen molar-refractivity contribution in [3.63, 3.8) is 0 Å². The summed E-state index contributed by atoms with van der Waals surface area (Å²) in [6.07, 6.45) is 3.38. The lowest BCUT2D eigenvalue weighted by Crippen LogP contribution is -2.31. The Hall–Kier alpha value is -0.870. The Kier molecular flexibility index (Phi) is 4.18. The fourth-order valence-corrected chi connectivity index (χ4v) is 3.37. The highest BCUT2D eigenvalue weighted by Crippen LogP contribution is 2.30. The highest BCUT2D eigenvalue weighted by molar-refractivity contribution is 7.12. The first-order valence-corrected chi connectivity index (χ1v) is 7.03. The van der Waals surface area contributed by atoms with E-state index in [4.69, 9.17) is 0 Å². The minimum absolute atomic E-state index is 0.0288. The molecule has 17 heavy (non-hydrogen) atoms. The molecule has 3 nitrogen and oxygen atoms in total. The summed E-state index contributed by atoms with van der Waals surface area (Å²) in [4.78, 5) is 12.7. The summed E-state index contributed by atoms with van der Waals surface area (Å²) >= 11 is 1.49. The summed E-state index contributed by atoms with van der Waals surface area (Å²) < 4.78 is 0. The van der Waals surface area contributed by atoms with Crippen molar-refractivity contribution in [1.29, 1.82) is 0 Å². The Balaban J connectivity index is 1.86. The second-order valence-electron chi connectivity index (χ2n) is 4.78. The normalized spacial score (nSPS) is 23.9. The van der Waals surface area contributed by atoms with E-state index in [0.717, 1.165) is 23.3 Å². The van der Waals surface area contributed by atoms with Gasteiger partial charge in [-0.2, -0.15) is 0 Å². The van der Waals surface area contributed by atoms with Gasteiger partial charge in [0.15, 0.2) is 0 Å². The molecule has 0 saturated heterocycles. The van der Waals surface area contributed by atoms with E-state index < -0.39 is 0 Å². The molecule has 2 atom stereocenters. The summed E-state index contributed by atoms with van der Waals surface area (Å²) in [5.74, 6) is 0.852. The number of aliphatic hydroxyl groups is 1. The zero-order chi connectivity index (χ0) is 12.3. The molecule has 1 fully saturated rings. The molecule has 1 aromatic rings. The highest BCUT2D eigenvalue weighted by atomic mass is 32.1. The summed E-state index contributed by atoms with van der Waals surface area (Å²) in [6.45, 7) is 2.90. The molecular weight excluding hydrogens is 234 g/mol. The average molecular weight is 253 g/mol. The number of amides is 1. The first kappa shape index (κ1) is 12.6. The minimum Gasteiger partial charge on any atom is -0.396 e. The topological polar surface area (TPSA) is 49.3 Å². The molecule has 1 amide bonds. The average Bonchev–Trinajstić information content (AvgIpc) is 2.94. The summed E-state index contributed by atoms with van der Waals surface area (Å²) in [5.41, 5.74) is 1.04. The highest BCUT2D eigenvalue weighted by Gasteiger charge is 2.27. The van der Waals surface area contributed by atoms with Gasteiger partial charge < -0.3 is 10.4 Å². The maximum absolute atomic E-state index is 11.9. The van der Waals surface area contributed by atoms with Crippen LogP contribution in [0.3, 0.4) is 0 Å². The Morgan fingerprint density at radius 3 is 2.94 bits per heavy atom. The Labute approximate surface area is 106 Å². The van der Waals surface area contributed by atoms with Gasteiger partial charge in [-0.05, 0) is 48.6 Å². The van der Waals surface area contributed by atoms with Crippen LogP contribution >= 0.6 is 11.3 Å². The van der Waals surface area contributed by atoms with E-state index in [0.29, 0.717) is 18.4 Å². The van der Waals surface area contributed by atoms with Crippen LogP contribution in [0.1, 0.15) is 34.5 Å². The SMILES string of the molecule is Cc1ccsc1C(=O)NCC1CCCC1CO. The van der Waals surface area contributed by atoms with Gasteiger partial charge in [0, 0.05) is 13.2 Å². The molecule has 0 bridgehead atoms. The van der Waals surface area contributed by atoms with E-state index in [-0.39, 0.29) is 12.5 Å². The summed E-state index contributed by atoms with van der Waals surface area (Å²) in [7, 11) is 0. The lowest BCUT2D eigenvalue weighted by atomic mass is 9.97. The second kappa shape index (κ2) is 5.65. The van der Waals surface area contributed by atoms with Crippen molar-refractivity contribution in [3.8, 4) is 0 Å². The van der Waals surface area contributed by atoms with E-state index in [9.17, 15) is 9.90 Å². The van der Waals surface area contributed by atoms with Crippen molar-refractivity contribution in [2.24, 2.45) is 11.8 Å². The molecular formula is C13H19NO2S. The van der Waals surface area contributed by atoms with Gasteiger partial charge in [-0.25, -0.2) is 0 Å². The van der Waals surface area contributed by atoms with Crippen LogP contribution in [0.4, 0.5) is 0 Å². The molecule has 0 spiro atoms. The predicted molar refractivity (Wildman–Crippen MR) is 69.3 cm³/mol. The molecule has 1 saturated carbocycles. The van der Waals surface area contributed by atoms with E-state index >= 15 is 0 Å². The number of nitrogens with one attached hydrogen (secondary N) is 1. The maximum atomic E-state index is 11.9. The van der Waals surface area contributed by atoms with Crippen LogP contribution in [0.2, 0.25) is 0 Å². The lowest BCUT2D eigenvalue weighted by molar-refractivity contribution is 0.0941. The Morgan fingerprint density at radius 1 is 1.53 bits per heavy atom. The monoisotopic (exact) mass is 253 g/mol. The summed E-state index contributed by atoms with van der Waals surface area (Å²) in [6, 6.07) is 1.96. The van der Waals surface area contributed by atoms with Gasteiger partial charge in [0.25, 0.3) is 5.91 Å². The predicted octanol–water partition coefficient (Wildman–Crippen LogP) is 2.19. The molecule has 0 aliphatic heterocycles. The van der Waals surface area contributed by atoms with Crippen LogP contribution < -0.4 is 5.32 Å². The molecule has 1 aliphatic rings. The third-order valence-corrected chi connectivity index (χ3v) is 4.66. The quantitative estimate of drug-likeness (QED) is 0.864. The third kappa shape index (κ3) is 2.87. The van der Waals surface area contributed by atoms with Gasteiger partial charge in [-0.3, -0.25) is 4.79 Å². The number of aliphatic hydroxyl groups excluding tert-OH is 1. The van der Waals surface area contributed by atoms with Crippen molar-refractivity contribution in [3.05, 3.63) is 21.9 Å². The number of aryl methyl sites for hydroxylation is 1. The Morgan fingerprint density at radius 2 is 2.29 bits per heavy atom. The third-order valence-electron chi connectivity index (χ3n) is 3.64. The largest absolute Gasteiger partial charge is 0.396 e. The van der Waals surface area contributed by atoms with Crippen LogP contribution in [0.15, 0.2) is 11.4 Å². The fourth-order valence-electron chi connectivity index (χ4n) is 2.53. The number of carbonyl (C=O) groups is 1. The molecule has 0 radical (unpaired) electrons. The summed E-state index contributed by atoms with van der Waals surface area (Å²) in [5, 5.41) is 14.2. The van der Waals surface area contributed by atoms with E-state index in [2.05, 4.69) is 5.32 Å². The molecule has 0 aromatic carbocycles. The van der Waals surface area contributed by atoms with Crippen molar-refractivity contribution < 1.29 is 9.90 Å². The lowest BCUT2D eigenvalue weighted by Gasteiger charge is -2.17. The van der Waals surface area contributed by atoms with Crippen LogP contribution in [0, 0.1) is 18.8 Å². The van der Waals surface area contributed by atoms with Gasteiger partial charge in [0.2, 0.25) is 0 Å². The van der Waals surface area contributed by atoms with Crippen molar-refractivity contribution >= 4 is 17.2 Å². The molecule has 1 aromatic heterocycles. The smallest absolute Gasteiger partial charge is 0.261 e.